The number of hydrogen-bond acceptors (Lipinski definition) is 5. The lowest BCUT2D eigenvalue weighted by atomic mass is 10.2. The molecule has 1 aromatic heterocycles. The molecule has 0 amide bonds. The highest BCUT2D eigenvalue weighted by atomic mass is 19.1. The summed E-state index contributed by atoms with van der Waals surface area (Å²) in [6.07, 6.45) is 2.23. The minimum absolute atomic E-state index is 0.0198. The summed E-state index contributed by atoms with van der Waals surface area (Å²) in [5, 5.41) is 0. The molecule has 7 nitrogen and oxygen atoms in total. The van der Waals surface area contributed by atoms with Crippen molar-refractivity contribution in [1.29, 1.82) is 0 Å². The van der Waals surface area contributed by atoms with Crippen molar-refractivity contribution < 1.29 is 18.7 Å². The minimum Gasteiger partial charge on any atom is -0.462 e. The van der Waals surface area contributed by atoms with Gasteiger partial charge in [-0.1, -0.05) is 6.58 Å². The number of esters is 1. The van der Waals surface area contributed by atoms with Crippen LogP contribution in [0.3, 0.4) is 0 Å². The Bertz CT molecular complexity index is 732. The Morgan fingerprint density at radius 3 is 2.52 bits per heavy atom. The van der Waals surface area contributed by atoms with Gasteiger partial charge in [0.25, 0.3) is 5.56 Å². The maximum atomic E-state index is 13.3. The van der Waals surface area contributed by atoms with Gasteiger partial charge in [-0.3, -0.25) is 14.2 Å². The second kappa shape index (κ2) is 8.21. The van der Waals surface area contributed by atoms with E-state index < -0.39 is 28.9 Å². The summed E-state index contributed by atoms with van der Waals surface area (Å²) >= 11 is 0. The molecule has 0 N–H and O–H groups in total. The number of nitrogens with zero attached hydrogens (tertiary/aromatic N) is 2. The van der Waals surface area contributed by atoms with E-state index in [1.807, 2.05) is 0 Å². The van der Waals surface area contributed by atoms with Crippen molar-refractivity contribution in [1.82, 2.24) is 9.13 Å². The molecule has 8 heteroatoms. The summed E-state index contributed by atoms with van der Waals surface area (Å²) in [5.41, 5.74) is -1.63. The van der Waals surface area contributed by atoms with Crippen molar-refractivity contribution in [2.24, 2.45) is 7.05 Å². The van der Waals surface area contributed by atoms with E-state index in [9.17, 15) is 23.6 Å². The highest BCUT2D eigenvalue weighted by molar-refractivity contribution is 5.86. The van der Waals surface area contributed by atoms with Gasteiger partial charge in [0.15, 0.2) is 0 Å². The Morgan fingerprint density at radius 2 is 1.91 bits per heavy atom. The molecule has 1 heterocycles. The molecule has 0 saturated carbocycles. The normalized spacial score (nSPS) is 10.4. The van der Waals surface area contributed by atoms with Crippen LogP contribution in [0.15, 0.2) is 27.9 Å². The maximum Gasteiger partial charge on any atom is 0.337 e. The third-order valence-corrected chi connectivity index (χ3v) is 3.13. The number of ether oxygens (including phenoxy) is 1. The highest BCUT2D eigenvalue weighted by Crippen LogP contribution is 2.03. The topological polar surface area (TPSA) is 87.4 Å². The van der Waals surface area contributed by atoms with E-state index in [-0.39, 0.29) is 13.0 Å². The van der Waals surface area contributed by atoms with Gasteiger partial charge in [-0.25, -0.2) is 14.2 Å². The number of unbranched alkanes of at least 4 members (excludes halogenated alkanes) is 2. The molecule has 23 heavy (non-hydrogen) atoms. The summed E-state index contributed by atoms with van der Waals surface area (Å²) in [5.74, 6) is -2.22. The van der Waals surface area contributed by atoms with Crippen LogP contribution in [0, 0.1) is 5.82 Å². The van der Waals surface area contributed by atoms with Gasteiger partial charge in [0.1, 0.15) is 0 Å². The summed E-state index contributed by atoms with van der Waals surface area (Å²) in [6, 6.07) is 0. The molecule has 0 aliphatic heterocycles. The number of carbonyl (C=O) groups is 2. The Hall–Kier alpha value is -2.51. The van der Waals surface area contributed by atoms with Crippen molar-refractivity contribution in [2.45, 2.75) is 32.6 Å². The second-order valence-electron chi connectivity index (χ2n) is 5.11. The number of aromatic nitrogens is 2. The largest absolute Gasteiger partial charge is 0.462 e. The predicted octanol–water partition coefficient (Wildman–Crippen LogP) is 1.01. The molecule has 0 bridgehead atoms. The molecular weight excluding hydrogens is 307 g/mol. The van der Waals surface area contributed by atoms with E-state index in [2.05, 4.69) is 6.58 Å². The maximum absolute atomic E-state index is 13.3. The van der Waals surface area contributed by atoms with Crippen LogP contribution in [0.1, 0.15) is 37.4 Å². The Labute approximate surface area is 132 Å². The summed E-state index contributed by atoms with van der Waals surface area (Å²) in [7, 11) is 1.10. The molecule has 0 atom stereocenters. The van der Waals surface area contributed by atoms with Gasteiger partial charge in [0, 0.05) is 19.0 Å². The average molecular weight is 326 g/mol. The molecule has 0 saturated heterocycles. The highest BCUT2D eigenvalue weighted by Gasteiger charge is 2.13. The average Bonchev–Trinajstić information content (AvgIpc) is 2.51. The Kier molecular flexibility index (Phi) is 6.62. The quantitative estimate of drug-likeness (QED) is 0.424. The molecule has 0 aromatic carbocycles. The van der Waals surface area contributed by atoms with E-state index in [1.54, 1.807) is 6.92 Å². The first kappa shape index (κ1) is 18.5. The number of halogens is 1. The van der Waals surface area contributed by atoms with E-state index in [4.69, 9.17) is 4.74 Å². The van der Waals surface area contributed by atoms with Gasteiger partial charge in [0.05, 0.1) is 12.8 Å². The van der Waals surface area contributed by atoms with Gasteiger partial charge in [0.2, 0.25) is 11.7 Å². The summed E-state index contributed by atoms with van der Waals surface area (Å²) < 4.78 is 19.3. The van der Waals surface area contributed by atoms with Gasteiger partial charge in [-0.05, 0) is 26.2 Å². The van der Waals surface area contributed by atoms with Gasteiger partial charge >= 0.3 is 11.7 Å². The standard InChI is InChI=1S/C15H19FN2O5/c1-10(2)14(21)23-8-6-4-5-7-12(19)18-9-11(16)13(20)17(3)15(18)22/h9H,1,4-8H2,2-3H3. The van der Waals surface area contributed by atoms with Crippen LogP contribution in [0.4, 0.5) is 4.39 Å². The van der Waals surface area contributed by atoms with Crippen LogP contribution in [0.25, 0.3) is 0 Å². The smallest absolute Gasteiger partial charge is 0.337 e. The van der Waals surface area contributed by atoms with Crippen molar-refractivity contribution in [2.75, 3.05) is 6.61 Å². The minimum atomic E-state index is -1.16. The van der Waals surface area contributed by atoms with E-state index in [0.29, 0.717) is 40.2 Å². The zero-order valence-electron chi connectivity index (χ0n) is 13.1. The lowest BCUT2D eigenvalue weighted by Crippen LogP contribution is -2.41. The lowest BCUT2D eigenvalue weighted by molar-refractivity contribution is -0.139. The fourth-order valence-electron chi connectivity index (χ4n) is 1.77. The molecule has 1 rings (SSSR count). The zero-order valence-corrected chi connectivity index (χ0v) is 13.1. The fraction of sp³-hybridized carbons (Fsp3) is 0.467. The first-order valence-corrected chi connectivity index (χ1v) is 7.09. The molecule has 0 fully saturated rings. The summed E-state index contributed by atoms with van der Waals surface area (Å²) in [4.78, 5) is 46.0. The molecular formula is C15H19FN2O5. The first-order chi connectivity index (χ1) is 10.8. The first-order valence-electron chi connectivity index (χ1n) is 7.09. The summed E-state index contributed by atoms with van der Waals surface area (Å²) in [6.45, 7) is 5.21. The second-order valence-corrected chi connectivity index (χ2v) is 5.11. The number of rotatable bonds is 7. The van der Waals surface area contributed by atoms with Crippen molar-refractivity contribution in [3.63, 3.8) is 0 Å². The van der Waals surface area contributed by atoms with Gasteiger partial charge in [-0.2, -0.15) is 4.39 Å². The molecule has 1 aromatic rings. The Morgan fingerprint density at radius 1 is 1.26 bits per heavy atom. The number of carbonyl (C=O) groups excluding carboxylic acids is 2. The molecule has 0 radical (unpaired) electrons. The number of hydrogen-bond donors (Lipinski definition) is 0. The van der Waals surface area contributed by atoms with Crippen molar-refractivity contribution in [3.8, 4) is 0 Å². The third-order valence-electron chi connectivity index (χ3n) is 3.13. The predicted molar refractivity (Wildman–Crippen MR) is 80.8 cm³/mol. The van der Waals surface area contributed by atoms with Crippen LogP contribution in [0.5, 0.6) is 0 Å². The zero-order chi connectivity index (χ0) is 17.6. The van der Waals surface area contributed by atoms with Crippen LogP contribution in [0.2, 0.25) is 0 Å². The molecule has 0 unspecified atom stereocenters. The van der Waals surface area contributed by atoms with E-state index in [1.165, 1.54) is 0 Å². The SMILES string of the molecule is C=C(C)C(=O)OCCCCCC(=O)n1cc(F)c(=O)n(C)c1=O. The fourth-order valence-corrected chi connectivity index (χ4v) is 1.77. The molecule has 0 aliphatic rings. The molecule has 0 spiro atoms. The van der Waals surface area contributed by atoms with Crippen LogP contribution >= 0.6 is 0 Å². The van der Waals surface area contributed by atoms with E-state index >= 15 is 0 Å². The van der Waals surface area contributed by atoms with Gasteiger partial charge < -0.3 is 4.74 Å². The van der Waals surface area contributed by atoms with Crippen LogP contribution in [-0.4, -0.2) is 27.6 Å². The molecule has 126 valence electrons. The lowest BCUT2D eigenvalue weighted by Gasteiger charge is -2.07. The monoisotopic (exact) mass is 326 g/mol. The van der Waals surface area contributed by atoms with Crippen LogP contribution < -0.4 is 11.2 Å². The van der Waals surface area contributed by atoms with Crippen molar-refractivity contribution >= 4 is 11.9 Å². The van der Waals surface area contributed by atoms with Crippen LogP contribution in [-0.2, 0) is 16.6 Å². The Balaban J connectivity index is 2.47. The third kappa shape index (κ3) is 5.01. The van der Waals surface area contributed by atoms with Crippen molar-refractivity contribution in [3.05, 3.63) is 45.0 Å². The van der Waals surface area contributed by atoms with Gasteiger partial charge in [-0.15, -0.1) is 0 Å². The van der Waals surface area contributed by atoms with E-state index in [0.717, 1.165) is 7.05 Å². The molecule has 0 aliphatic carbocycles.